The molecule has 0 amide bonds. The Morgan fingerprint density at radius 3 is 2.47 bits per heavy atom. The highest BCUT2D eigenvalue weighted by Crippen LogP contribution is 2.32. The van der Waals surface area contributed by atoms with Crippen molar-refractivity contribution in [2.24, 2.45) is 0 Å². The maximum absolute atomic E-state index is 10.6. The quantitative estimate of drug-likeness (QED) is 0.611. The number of rotatable bonds is 3. The highest BCUT2D eigenvalue weighted by atomic mass is 16.6. The predicted molar refractivity (Wildman–Crippen MR) is 54.9 cm³/mol. The first-order valence-electron chi connectivity index (χ1n) is 4.41. The Kier molecular flexibility index (Phi) is 2.95. The first kappa shape index (κ1) is 11.5. The molecule has 0 radical (unpaired) electrons. The Labute approximate surface area is 87.5 Å². The van der Waals surface area contributed by atoms with Crippen LogP contribution in [0.5, 0.6) is 5.75 Å². The molecule has 0 unspecified atom stereocenters. The molecule has 82 valence electrons. The fraction of sp³-hybridized carbons (Fsp3) is 0.400. The molecule has 0 saturated heterocycles. The summed E-state index contributed by atoms with van der Waals surface area (Å²) in [4.78, 5) is 10.1. The van der Waals surface area contributed by atoms with E-state index in [4.69, 9.17) is 4.74 Å². The Morgan fingerprint density at radius 1 is 1.47 bits per heavy atom. The van der Waals surface area contributed by atoms with Gasteiger partial charge in [-0.15, -0.1) is 0 Å². The maximum atomic E-state index is 10.6. The number of methoxy groups -OCH3 is 1. The van der Waals surface area contributed by atoms with Crippen molar-refractivity contribution in [3.63, 3.8) is 0 Å². The normalized spacial score (nSPS) is 11.2. The number of non-ortho nitro benzene ring substituents is 1. The molecule has 1 N–H and O–H groups in total. The van der Waals surface area contributed by atoms with E-state index in [1.807, 2.05) is 0 Å². The van der Waals surface area contributed by atoms with E-state index in [9.17, 15) is 15.2 Å². The first-order chi connectivity index (χ1) is 6.86. The molecule has 0 aromatic heterocycles. The molecule has 0 aliphatic heterocycles. The number of ether oxygens (including phenoxy) is 1. The van der Waals surface area contributed by atoms with Gasteiger partial charge in [-0.2, -0.15) is 0 Å². The Bertz CT molecular complexity index is 381. The van der Waals surface area contributed by atoms with Gasteiger partial charge in [0.15, 0.2) is 0 Å². The fourth-order valence-corrected chi connectivity index (χ4v) is 1.29. The lowest BCUT2D eigenvalue weighted by Gasteiger charge is -2.20. The van der Waals surface area contributed by atoms with Crippen molar-refractivity contribution >= 4 is 5.69 Å². The second-order valence-electron chi connectivity index (χ2n) is 3.70. The van der Waals surface area contributed by atoms with Gasteiger partial charge >= 0.3 is 0 Å². The minimum Gasteiger partial charge on any atom is -0.496 e. The molecule has 15 heavy (non-hydrogen) atoms. The van der Waals surface area contributed by atoms with Crippen molar-refractivity contribution in [3.8, 4) is 5.75 Å². The lowest BCUT2D eigenvalue weighted by atomic mass is 9.97. The molecular weight excluding hydrogens is 198 g/mol. The number of benzene rings is 1. The fourth-order valence-electron chi connectivity index (χ4n) is 1.29. The van der Waals surface area contributed by atoms with Gasteiger partial charge in [0.2, 0.25) is 0 Å². The Balaban J connectivity index is 3.32. The van der Waals surface area contributed by atoms with E-state index in [1.54, 1.807) is 13.8 Å². The van der Waals surface area contributed by atoms with E-state index in [-0.39, 0.29) is 5.69 Å². The van der Waals surface area contributed by atoms with Crippen LogP contribution in [0.25, 0.3) is 0 Å². The van der Waals surface area contributed by atoms with E-state index < -0.39 is 10.5 Å². The molecule has 0 heterocycles. The number of hydrogen-bond acceptors (Lipinski definition) is 4. The van der Waals surface area contributed by atoms with Crippen LogP contribution in [0, 0.1) is 10.1 Å². The van der Waals surface area contributed by atoms with Gasteiger partial charge in [-0.3, -0.25) is 10.1 Å². The molecule has 0 spiro atoms. The number of nitro groups is 1. The summed E-state index contributed by atoms with van der Waals surface area (Å²) in [5.41, 5.74) is -0.829. The molecule has 0 aliphatic rings. The van der Waals surface area contributed by atoms with Gasteiger partial charge < -0.3 is 9.84 Å². The molecule has 1 rings (SSSR count). The Hall–Kier alpha value is -1.62. The van der Waals surface area contributed by atoms with Crippen molar-refractivity contribution in [2.45, 2.75) is 19.4 Å². The summed E-state index contributed by atoms with van der Waals surface area (Å²) in [6.45, 7) is 3.10. The second-order valence-corrected chi connectivity index (χ2v) is 3.70. The minimum absolute atomic E-state index is 0.0621. The van der Waals surface area contributed by atoms with E-state index in [2.05, 4.69) is 0 Å². The van der Waals surface area contributed by atoms with Gasteiger partial charge in [-0.25, -0.2) is 0 Å². The van der Waals surface area contributed by atoms with Crippen molar-refractivity contribution in [2.75, 3.05) is 7.11 Å². The summed E-state index contributed by atoms with van der Waals surface area (Å²) in [6, 6.07) is 4.14. The third kappa shape index (κ3) is 2.44. The summed E-state index contributed by atoms with van der Waals surface area (Å²) in [7, 11) is 1.45. The van der Waals surface area contributed by atoms with Gasteiger partial charge in [-0.05, 0) is 19.9 Å². The van der Waals surface area contributed by atoms with E-state index in [1.165, 1.54) is 25.3 Å². The average molecular weight is 211 g/mol. The predicted octanol–water partition coefficient (Wildman–Crippen LogP) is 1.83. The van der Waals surface area contributed by atoms with Crippen molar-refractivity contribution < 1.29 is 14.8 Å². The molecular formula is C10H13NO4. The summed E-state index contributed by atoms with van der Waals surface area (Å²) in [6.07, 6.45) is 0. The largest absolute Gasteiger partial charge is 0.496 e. The highest BCUT2D eigenvalue weighted by Gasteiger charge is 2.23. The van der Waals surface area contributed by atoms with Gasteiger partial charge in [0.05, 0.1) is 17.6 Å². The topological polar surface area (TPSA) is 72.6 Å². The highest BCUT2D eigenvalue weighted by molar-refractivity contribution is 5.46. The van der Waals surface area contributed by atoms with Crippen LogP contribution >= 0.6 is 0 Å². The van der Waals surface area contributed by atoms with Crippen molar-refractivity contribution in [1.82, 2.24) is 0 Å². The van der Waals surface area contributed by atoms with Gasteiger partial charge in [0, 0.05) is 17.7 Å². The molecule has 5 nitrogen and oxygen atoms in total. The van der Waals surface area contributed by atoms with Crippen LogP contribution in [-0.4, -0.2) is 17.1 Å². The van der Waals surface area contributed by atoms with Crippen LogP contribution in [0.2, 0.25) is 0 Å². The second kappa shape index (κ2) is 3.86. The zero-order chi connectivity index (χ0) is 11.6. The van der Waals surface area contributed by atoms with Crippen LogP contribution in [0.1, 0.15) is 19.4 Å². The molecule has 5 heteroatoms. The molecule has 0 atom stereocenters. The number of hydrogen-bond donors (Lipinski definition) is 1. The minimum atomic E-state index is -1.17. The molecule has 1 aromatic rings. The lowest BCUT2D eigenvalue weighted by molar-refractivity contribution is -0.385. The molecule has 0 fully saturated rings. The van der Waals surface area contributed by atoms with Crippen LogP contribution in [0.15, 0.2) is 18.2 Å². The van der Waals surface area contributed by atoms with Gasteiger partial charge in [0.25, 0.3) is 5.69 Å². The monoisotopic (exact) mass is 211 g/mol. The summed E-state index contributed by atoms with van der Waals surface area (Å²) in [5, 5.41) is 20.4. The van der Waals surface area contributed by atoms with Crippen molar-refractivity contribution in [3.05, 3.63) is 33.9 Å². The number of nitro benzene ring substituents is 1. The van der Waals surface area contributed by atoms with E-state index >= 15 is 0 Å². The molecule has 0 aliphatic carbocycles. The van der Waals surface area contributed by atoms with Crippen LogP contribution in [0.3, 0.4) is 0 Å². The summed E-state index contributed by atoms with van der Waals surface area (Å²) in [5.74, 6) is 0.438. The van der Waals surface area contributed by atoms with Gasteiger partial charge in [0.1, 0.15) is 5.75 Å². The number of nitrogens with zero attached hydrogens (tertiary/aromatic N) is 1. The smallest absolute Gasteiger partial charge is 0.270 e. The van der Waals surface area contributed by atoms with Crippen LogP contribution < -0.4 is 4.74 Å². The van der Waals surface area contributed by atoms with Crippen molar-refractivity contribution in [1.29, 1.82) is 0 Å². The first-order valence-corrected chi connectivity index (χ1v) is 4.41. The standard InChI is InChI=1S/C10H13NO4/c1-10(2,12)8-6-7(11(13)14)4-5-9(8)15-3/h4-6,12H,1-3H3. The third-order valence-corrected chi connectivity index (χ3v) is 2.05. The molecule has 1 aromatic carbocycles. The summed E-state index contributed by atoms with van der Waals surface area (Å²) >= 11 is 0. The summed E-state index contributed by atoms with van der Waals surface area (Å²) < 4.78 is 5.02. The lowest BCUT2D eigenvalue weighted by Crippen LogP contribution is -2.17. The average Bonchev–Trinajstić information content (AvgIpc) is 2.15. The van der Waals surface area contributed by atoms with E-state index in [0.717, 1.165) is 0 Å². The van der Waals surface area contributed by atoms with E-state index in [0.29, 0.717) is 11.3 Å². The van der Waals surface area contributed by atoms with Crippen LogP contribution in [-0.2, 0) is 5.60 Å². The van der Waals surface area contributed by atoms with Gasteiger partial charge in [-0.1, -0.05) is 0 Å². The number of aliphatic hydroxyl groups is 1. The third-order valence-electron chi connectivity index (χ3n) is 2.05. The molecule has 0 bridgehead atoms. The zero-order valence-corrected chi connectivity index (χ0v) is 8.85. The SMILES string of the molecule is COc1ccc([N+](=O)[O-])cc1C(C)(C)O. The Morgan fingerprint density at radius 2 is 2.07 bits per heavy atom. The van der Waals surface area contributed by atoms with Crippen LogP contribution in [0.4, 0.5) is 5.69 Å². The maximum Gasteiger partial charge on any atom is 0.270 e. The zero-order valence-electron chi connectivity index (χ0n) is 8.85. The molecule has 0 saturated carbocycles.